The number of hydrogen-bond donors (Lipinski definition) is 1. The highest BCUT2D eigenvalue weighted by Crippen LogP contribution is 2.26. The van der Waals surface area contributed by atoms with Crippen LogP contribution < -0.4 is 5.32 Å². The third-order valence-corrected chi connectivity index (χ3v) is 3.65. The van der Waals surface area contributed by atoms with E-state index in [0.29, 0.717) is 11.2 Å². The second-order valence-electron chi connectivity index (χ2n) is 2.83. The normalized spacial score (nSPS) is 12.6. The van der Waals surface area contributed by atoms with Crippen LogP contribution in [0.3, 0.4) is 0 Å². The van der Waals surface area contributed by atoms with Gasteiger partial charge < -0.3 is 5.32 Å². The highest BCUT2D eigenvalue weighted by molar-refractivity contribution is 9.10. The van der Waals surface area contributed by atoms with Crippen molar-refractivity contribution < 1.29 is 0 Å². The molecule has 3 nitrogen and oxygen atoms in total. The third-order valence-electron chi connectivity index (χ3n) is 1.55. The molecule has 0 fully saturated rings. The molecule has 0 amide bonds. The third kappa shape index (κ3) is 3.29. The van der Waals surface area contributed by atoms with Gasteiger partial charge >= 0.3 is 0 Å². The number of nitrogens with one attached hydrogen (secondary N) is 1. The molecule has 0 bridgehead atoms. The zero-order chi connectivity index (χ0) is 10.6. The van der Waals surface area contributed by atoms with Crippen molar-refractivity contribution in [3.63, 3.8) is 0 Å². The Kier molecular flexibility index (Phi) is 4.98. The Balaban J connectivity index is 2.71. The van der Waals surface area contributed by atoms with Gasteiger partial charge in [0.25, 0.3) is 0 Å². The molecule has 0 spiro atoms. The van der Waals surface area contributed by atoms with E-state index in [1.807, 2.05) is 0 Å². The number of anilines is 1. The van der Waals surface area contributed by atoms with Crippen molar-refractivity contribution in [2.45, 2.75) is 13.0 Å². The van der Waals surface area contributed by atoms with E-state index in [2.05, 4.69) is 44.4 Å². The van der Waals surface area contributed by atoms with E-state index in [1.165, 1.54) is 6.33 Å². The minimum Gasteiger partial charge on any atom is -0.366 e. The minimum atomic E-state index is 0.354. The van der Waals surface area contributed by atoms with E-state index in [9.17, 15) is 0 Å². The van der Waals surface area contributed by atoms with Crippen LogP contribution in [0.15, 0.2) is 10.8 Å². The highest BCUT2D eigenvalue weighted by atomic mass is 79.9. The van der Waals surface area contributed by atoms with Crippen molar-refractivity contribution >= 4 is 45.1 Å². The summed E-state index contributed by atoms with van der Waals surface area (Å²) in [5.41, 5.74) is 0. The van der Waals surface area contributed by atoms with Gasteiger partial charge in [-0.05, 0) is 29.1 Å². The fourth-order valence-electron chi connectivity index (χ4n) is 0.974. The monoisotopic (exact) mass is 295 g/mol. The molecule has 1 N–H and O–H groups in total. The minimum absolute atomic E-state index is 0.354. The molecule has 0 radical (unpaired) electrons. The van der Waals surface area contributed by atoms with Crippen molar-refractivity contribution in [1.82, 2.24) is 9.97 Å². The van der Waals surface area contributed by atoms with Crippen LogP contribution in [0.25, 0.3) is 0 Å². The molecule has 14 heavy (non-hydrogen) atoms. The molecular formula is C8H11BrClN3S. The summed E-state index contributed by atoms with van der Waals surface area (Å²) in [6.07, 6.45) is 3.52. The quantitative estimate of drug-likeness (QED) is 0.867. The van der Waals surface area contributed by atoms with Crippen LogP contribution in [0.5, 0.6) is 0 Å². The van der Waals surface area contributed by atoms with Crippen LogP contribution >= 0.6 is 39.3 Å². The SMILES string of the molecule is CSCC(C)Nc1ncnc(Cl)c1Br. The van der Waals surface area contributed by atoms with E-state index in [-0.39, 0.29) is 0 Å². The van der Waals surface area contributed by atoms with Gasteiger partial charge in [-0.3, -0.25) is 0 Å². The van der Waals surface area contributed by atoms with Crippen LogP contribution in [0.2, 0.25) is 5.15 Å². The van der Waals surface area contributed by atoms with Gasteiger partial charge in [0.15, 0.2) is 0 Å². The summed E-state index contributed by atoms with van der Waals surface area (Å²) < 4.78 is 0.717. The molecule has 6 heteroatoms. The zero-order valence-corrected chi connectivity index (χ0v) is 11.1. The van der Waals surface area contributed by atoms with Crippen LogP contribution in [-0.4, -0.2) is 28.0 Å². The molecule has 1 rings (SSSR count). The summed E-state index contributed by atoms with van der Waals surface area (Å²) in [5, 5.41) is 3.68. The molecule has 1 heterocycles. The average Bonchev–Trinajstić information content (AvgIpc) is 2.13. The summed E-state index contributed by atoms with van der Waals surface area (Å²) in [4.78, 5) is 7.95. The van der Waals surface area contributed by atoms with E-state index >= 15 is 0 Å². The maximum absolute atomic E-state index is 5.83. The molecule has 78 valence electrons. The van der Waals surface area contributed by atoms with Crippen molar-refractivity contribution in [3.8, 4) is 0 Å². The lowest BCUT2D eigenvalue weighted by molar-refractivity contribution is 0.897. The number of rotatable bonds is 4. The van der Waals surface area contributed by atoms with Crippen LogP contribution in [0.1, 0.15) is 6.92 Å². The van der Waals surface area contributed by atoms with Crippen LogP contribution in [-0.2, 0) is 0 Å². The van der Waals surface area contributed by atoms with E-state index in [0.717, 1.165) is 16.0 Å². The second-order valence-corrected chi connectivity index (χ2v) is 4.89. The molecule has 0 aliphatic heterocycles. The lowest BCUT2D eigenvalue weighted by atomic mass is 10.4. The number of hydrogen-bond acceptors (Lipinski definition) is 4. The van der Waals surface area contributed by atoms with E-state index in [4.69, 9.17) is 11.6 Å². The number of halogens is 2. The van der Waals surface area contributed by atoms with Gasteiger partial charge in [-0.25, -0.2) is 9.97 Å². The number of aromatic nitrogens is 2. The summed E-state index contributed by atoms with van der Waals surface area (Å²) in [5.74, 6) is 1.76. The number of nitrogens with zero attached hydrogens (tertiary/aromatic N) is 2. The van der Waals surface area contributed by atoms with Gasteiger partial charge in [0.1, 0.15) is 17.3 Å². The molecule has 0 saturated carbocycles. The van der Waals surface area contributed by atoms with Crippen LogP contribution in [0, 0.1) is 0 Å². The summed E-state index contributed by atoms with van der Waals surface area (Å²) >= 11 is 10.9. The van der Waals surface area contributed by atoms with E-state index < -0.39 is 0 Å². The lowest BCUT2D eigenvalue weighted by Gasteiger charge is -2.14. The van der Waals surface area contributed by atoms with Gasteiger partial charge in [0.2, 0.25) is 0 Å². The standard InChI is InChI=1S/C8H11BrClN3S/c1-5(3-14-2)13-8-6(9)7(10)11-4-12-8/h4-5H,3H2,1-2H3,(H,11,12,13). The predicted molar refractivity (Wildman–Crippen MR) is 66.2 cm³/mol. The first-order valence-corrected chi connectivity index (χ1v) is 6.63. The van der Waals surface area contributed by atoms with Crippen molar-refractivity contribution in [3.05, 3.63) is 16.0 Å². The fourth-order valence-corrected chi connectivity index (χ4v) is 2.01. The molecule has 1 unspecified atom stereocenters. The Morgan fingerprint density at radius 3 is 3.00 bits per heavy atom. The first kappa shape index (κ1) is 12.1. The van der Waals surface area contributed by atoms with Crippen LogP contribution in [0.4, 0.5) is 5.82 Å². The Hall–Kier alpha value is -0.0000000000000000555. The van der Waals surface area contributed by atoms with Gasteiger partial charge in [0.05, 0.1) is 4.47 Å². The lowest BCUT2D eigenvalue weighted by Crippen LogP contribution is -2.19. The maximum atomic E-state index is 5.83. The number of thioether (sulfide) groups is 1. The van der Waals surface area contributed by atoms with Gasteiger partial charge in [0, 0.05) is 11.8 Å². The zero-order valence-electron chi connectivity index (χ0n) is 7.92. The summed E-state index contributed by atoms with van der Waals surface area (Å²) in [7, 11) is 0. The first-order chi connectivity index (χ1) is 6.65. The highest BCUT2D eigenvalue weighted by Gasteiger charge is 2.08. The van der Waals surface area contributed by atoms with Gasteiger partial charge in [-0.1, -0.05) is 11.6 Å². The molecule has 0 aromatic carbocycles. The Morgan fingerprint density at radius 2 is 2.36 bits per heavy atom. The molecular weight excluding hydrogens is 286 g/mol. The first-order valence-electron chi connectivity index (χ1n) is 4.06. The maximum Gasteiger partial charge on any atom is 0.148 e. The average molecular weight is 297 g/mol. The summed E-state index contributed by atoms with van der Waals surface area (Å²) in [6, 6.07) is 0.354. The smallest absolute Gasteiger partial charge is 0.148 e. The molecule has 0 aliphatic carbocycles. The fraction of sp³-hybridized carbons (Fsp3) is 0.500. The molecule has 0 aliphatic rings. The molecule has 1 atom stereocenters. The largest absolute Gasteiger partial charge is 0.366 e. The molecule has 1 aromatic heterocycles. The topological polar surface area (TPSA) is 37.8 Å². The Bertz CT molecular complexity index is 311. The molecule has 0 saturated heterocycles. The van der Waals surface area contributed by atoms with Gasteiger partial charge in [-0.2, -0.15) is 11.8 Å². The van der Waals surface area contributed by atoms with Crippen molar-refractivity contribution in [1.29, 1.82) is 0 Å². The Morgan fingerprint density at radius 1 is 1.64 bits per heavy atom. The second kappa shape index (κ2) is 5.78. The van der Waals surface area contributed by atoms with Crippen molar-refractivity contribution in [2.75, 3.05) is 17.3 Å². The van der Waals surface area contributed by atoms with Gasteiger partial charge in [-0.15, -0.1) is 0 Å². The summed E-state index contributed by atoms with van der Waals surface area (Å²) in [6.45, 7) is 2.10. The predicted octanol–water partition coefficient (Wildman–Crippen LogP) is 3.06. The van der Waals surface area contributed by atoms with Crippen molar-refractivity contribution in [2.24, 2.45) is 0 Å². The molecule has 1 aromatic rings. The Labute approximate surface area is 101 Å². The van der Waals surface area contributed by atoms with E-state index in [1.54, 1.807) is 11.8 Å².